The summed E-state index contributed by atoms with van der Waals surface area (Å²) >= 11 is 3.61. The molecule has 0 aliphatic carbocycles. The maximum absolute atomic E-state index is 6.32. The van der Waals surface area contributed by atoms with Crippen LogP contribution in [0.1, 0.15) is 11.1 Å². The standard InChI is InChI=1S/C26H21BrNO4/c1-29-23-7-6-16-10-22-19-12-25-24(31-15-32-25)11-17(19)8-9-28(22)13-20(16)26(23)30-14-18-4-2-3-5-21(18)27/h2-7,10-13H,8-9,14-15H2,1H3/q+1. The van der Waals surface area contributed by atoms with E-state index in [1.54, 1.807) is 7.11 Å². The number of hydrogen-bond donors (Lipinski definition) is 0. The van der Waals surface area contributed by atoms with Gasteiger partial charge < -0.3 is 18.9 Å². The first kappa shape index (κ1) is 19.4. The maximum atomic E-state index is 6.32. The molecular formula is C26H21BrNO4+. The molecular weight excluding hydrogens is 470 g/mol. The van der Waals surface area contributed by atoms with E-state index in [-0.39, 0.29) is 6.79 Å². The lowest BCUT2D eigenvalue weighted by Crippen LogP contribution is -2.40. The van der Waals surface area contributed by atoms with Crippen molar-refractivity contribution in [3.63, 3.8) is 0 Å². The second kappa shape index (κ2) is 7.71. The highest BCUT2D eigenvalue weighted by molar-refractivity contribution is 9.10. The molecule has 32 heavy (non-hydrogen) atoms. The summed E-state index contributed by atoms with van der Waals surface area (Å²) in [6.07, 6.45) is 3.11. The number of pyridine rings is 1. The Morgan fingerprint density at radius 3 is 2.72 bits per heavy atom. The van der Waals surface area contributed by atoms with E-state index in [4.69, 9.17) is 18.9 Å². The molecule has 6 rings (SSSR count). The average molecular weight is 491 g/mol. The molecule has 0 saturated heterocycles. The van der Waals surface area contributed by atoms with Crippen LogP contribution in [0.15, 0.2) is 65.3 Å². The van der Waals surface area contributed by atoms with Crippen LogP contribution < -0.4 is 23.5 Å². The Hall–Kier alpha value is -3.25. The Kier molecular flexibility index (Phi) is 4.68. The molecule has 0 saturated carbocycles. The number of hydrogen-bond acceptors (Lipinski definition) is 4. The number of aromatic nitrogens is 1. The van der Waals surface area contributed by atoms with Gasteiger partial charge in [0.1, 0.15) is 6.61 Å². The van der Waals surface area contributed by atoms with Crippen LogP contribution in [0.2, 0.25) is 0 Å². The third-order valence-corrected chi connectivity index (χ3v) is 6.90. The Labute approximate surface area is 194 Å². The zero-order valence-electron chi connectivity index (χ0n) is 17.6. The molecule has 0 bridgehead atoms. The van der Waals surface area contributed by atoms with Crippen molar-refractivity contribution in [2.24, 2.45) is 0 Å². The molecule has 0 spiro atoms. The highest BCUT2D eigenvalue weighted by Gasteiger charge is 2.28. The summed E-state index contributed by atoms with van der Waals surface area (Å²) in [6.45, 7) is 1.62. The first-order chi connectivity index (χ1) is 15.7. The highest BCUT2D eigenvalue weighted by atomic mass is 79.9. The predicted octanol–water partition coefficient (Wildman–Crippen LogP) is 5.43. The fourth-order valence-electron chi connectivity index (χ4n) is 4.47. The van der Waals surface area contributed by atoms with Gasteiger partial charge in [-0.2, -0.15) is 4.57 Å². The van der Waals surface area contributed by atoms with Crippen molar-refractivity contribution in [2.45, 2.75) is 19.6 Å². The van der Waals surface area contributed by atoms with Crippen molar-refractivity contribution in [3.05, 3.63) is 76.4 Å². The molecule has 2 aliphatic heterocycles. The molecule has 4 aromatic rings. The van der Waals surface area contributed by atoms with Crippen LogP contribution in [-0.2, 0) is 19.6 Å². The van der Waals surface area contributed by atoms with Gasteiger partial charge in [-0.05, 0) is 41.3 Å². The third-order valence-electron chi connectivity index (χ3n) is 6.13. The molecule has 0 atom stereocenters. The van der Waals surface area contributed by atoms with Crippen molar-refractivity contribution in [1.82, 2.24) is 0 Å². The molecule has 5 nitrogen and oxygen atoms in total. The summed E-state index contributed by atoms with van der Waals surface area (Å²) in [7, 11) is 1.68. The highest BCUT2D eigenvalue weighted by Crippen LogP contribution is 2.42. The molecule has 6 heteroatoms. The van der Waals surface area contributed by atoms with Crippen molar-refractivity contribution in [2.75, 3.05) is 13.9 Å². The maximum Gasteiger partial charge on any atom is 0.231 e. The molecule has 0 radical (unpaired) electrons. The lowest BCUT2D eigenvalue weighted by molar-refractivity contribution is -0.686. The van der Waals surface area contributed by atoms with E-state index in [2.05, 4.69) is 57.0 Å². The van der Waals surface area contributed by atoms with Gasteiger partial charge in [0.25, 0.3) is 0 Å². The van der Waals surface area contributed by atoms with Gasteiger partial charge in [0.15, 0.2) is 35.7 Å². The van der Waals surface area contributed by atoms with Gasteiger partial charge in [-0.25, -0.2) is 0 Å². The first-order valence-electron chi connectivity index (χ1n) is 10.5. The third kappa shape index (κ3) is 3.17. The molecule has 3 heterocycles. The van der Waals surface area contributed by atoms with Gasteiger partial charge in [-0.15, -0.1) is 0 Å². The Morgan fingerprint density at radius 1 is 1.03 bits per heavy atom. The molecule has 0 amide bonds. The topological polar surface area (TPSA) is 40.8 Å². The second-order valence-electron chi connectivity index (χ2n) is 7.94. The SMILES string of the molecule is COc1ccc2cc3[n+](cc2c1OCc1ccccc1Br)CCc1cc2c(cc1-3)OCO2. The average Bonchev–Trinajstić information content (AvgIpc) is 3.28. The fourth-order valence-corrected chi connectivity index (χ4v) is 4.87. The van der Waals surface area contributed by atoms with Crippen LogP contribution in [0.25, 0.3) is 22.0 Å². The zero-order chi connectivity index (χ0) is 21.7. The number of halogens is 1. The van der Waals surface area contributed by atoms with Crippen molar-refractivity contribution in [1.29, 1.82) is 0 Å². The van der Waals surface area contributed by atoms with Crippen LogP contribution in [0.4, 0.5) is 0 Å². The minimum atomic E-state index is 0.286. The van der Waals surface area contributed by atoms with Crippen molar-refractivity contribution in [3.8, 4) is 34.3 Å². The van der Waals surface area contributed by atoms with E-state index in [1.165, 1.54) is 16.8 Å². The molecule has 0 N–H and O–H groups in total. The van der Waals surface area contributed by atoms with E-state index in [1.807, 2.05) is 24.3 Å². The number of nitrogens with zero attached hydrogens (tertiary/aromatic N) is 1. The Bertz CT molecular complexity index is 1370. The molecule has 0 fully saturated rings. The Morgan fingerprint density at radius 2 is 1.88 bits per heavy atom. The molecule has 1 aromatic heterocycles. The summed E-state index contributed by atoms with van der Waals surface area (Å²) in [4.78, 5) is 0. The zero-order valence-corrected chi connectivity index (χ0v) is 19.1. The quantitative estimate of drug-likeness (QED) is 0.357. The van der Waals surface area contributed by atoms with Crippen LogP contribution in [0.5, 0.6) is 23.0 Å². The van der Waals surface area contributed by atoms with E-state index in [9.17, 15) is 0 Å². The van der Waals surface area contributed by atoms with Gasteiger partial charge in [-0.3, -0.25) is 0 Å². The lowest BCUT2D eigenvalue weighted by Gasteiger charge is -2.18. The van der Waals surface area contributed by atoms with Gasteiger partial charge in [0.05, 0.1) is 18.1 Å². The Balaban J connectivity index is 1.45. The monoisotopic (exact) mass is 490 g/mol. The van der Waals surface area contributed by atoms with E-state index < -0.39 is 0 Å². The van der Waals surface area contributed by atoms with E-state index in [0.29, 0.717) is 6.61 Å². The number of fused-ring (bicyclic) bond motifs is 5. The molecule has 2 aliphatic rings. The number of methoxy groups -OCH3 is 1. The van der Waals surface area contributed by atoms with Crippen molar-refractivity contribution >= 4 is 26.7 Å². The first-order valence-corrected chi connectivity index (χ1v) is 11.3. The van der Waals surface area contributed by atoms with Gasteiger partial charge in [-0.1, -0.05) is 34.1 Å². The fraction of sp³-hybridized carbons (Fsp3) is 0.192. The normalized spacial score (nSPS) is 13.6. The number of rotatable bonds is 4. The summed E-state index contributed by atoms with van der Waals surface area (Å²) in [5.74, 6) is 3.13. The van der Waals surface area contributed by atoms with Gasteiger partial charge >= 0.3 is 0 Å². The lowest BCUT2D eigenvalue weighted by atomic mass is 9.95. The van der Waals surface area contributed by atoms with Crippen LogP contribution >= 0.6 is 15.9 Å². The van der Waals surface area contributed by atoms with Crippen molar-refractivity contribution < 1.29 is 23.5 Å². The molecule has 0 unspecified atom stereocenters. The summed E-state index contributed by atoms with van der Waals surface area (Å²) < 4.78 is 26.5. The summed E-state index contributed by atoms with van der Waals surface area (Å²) in [5.41, 5.74) is 4.72. The minimum Gasteiger partial charge on any atom is -0.493 e. The molecule has 160 valence electrons. The predicted molar refractivity (Wildman–Crippen MR) is 124 cm³/mol. The van der Waals surface area contributed by atoms with E-state index >= 15 is 0 Å². The van der Waals surface area contributed by atoms with Crippen LogP contribution in [-0.4, -0.2) is 13.9 Å². The van der Waals surface area contributed by atoms with Gasteiger partial charge in [0, 0.05) is 22.5 Å². The summed E-state index contributed by atoms with van der Waals surface area (Å²) in [6, 6.07) is 18.6. The number of ether oxygens (including phenoxy) is 4. The second-order valence-corrected chi connectivity index (χ2v) is 8.80. The van der Waals surface area contributed by atoms with Gasteiger partial charge in [0.2, 0.25) is 12.5 Å². The summed E-state index contributed by atoms with van der Waals surface area (Å²) in [5, 5.41) is 2.13. The number of aryl methyl sites for hydroxylation is 2. The van der Waals surface area contributed by atoms with E-state index in [0.717, 1.165) is 56.8 Å². The number of benzene rings is 3. The molecule has 3 aromatic carbocycles. The van der Waals surface area contributed by atoms with Crippen LogP contribution in [0, 0.1) is 0 Å². The largest absolute Gasteiger partial charge is 0.493 e. The van der Waals surface area contributed by atoms with Crippen LogP contribution in [0.3, 0.4) is 0 Å². The minimum absolute atomic E-state index is 0.286. The smallest absolute Gasteiger partial charge is 0.231 e.